The van der Waals surface area contributed by atoms with Gasteiger partial charge in [-0.1, -0.05) is 11.6 Å². The molecule has 132 valence electrons. The van der Waals surface area contributed by atoms with Crippen molar-refractivity contribution in [2.75, 3.05) is 20.1 Å². The lowest BCUT2D eigenvalue weighted by molar-refractivity contribution is -0.139. The molecule has 0 saturated carbocycles. The third kappa shape index (κ3) is 4.51. The molecular formula is C13H17Cl2F3N2O2S. The second-order valence-electron chi connectivity index (χ2n) is 5.11. The molecule has 1 aliphatic rings. The van der Waals surface area contributed by atoms with E-state index in [0.29, 0.717) is 18.9 Å². The number of hydrogen-bond donors (Lipinski definition) is 1. The fraction of sp³-hybridized carbons (Fsp3) is 0.538. The van der Waals surface area contributed by atoms with Crippen LogP contribution >= 0.6 is 24.0 Å². The Hall–Kier alpha value is -0.540. The maximum atomic E-state index is 13.1. The molecule has 0 bridgehead atoms. The van der Waals surface area contributed by atoms with Gasteiger partial charge >= 0.3 is 6.18 Å². The maximum Gasteiger partial charge on any atom is 0.417 e. The van der Waals surface area contributed by atoms with Gasteiger partial charge in [0, 0.05) is 24.2 Å². The summed E-state index contributed by atoms with van der Waals surface area (Å²) in [7, 11) is -2.42. The van der Waals surface area contributed by atoms with Gasteiger partial charge in [0.05, 0.1) is 10.5 Å². The molecule has 0 aliphatic carbocycles. The monoisotopic (exact) mass is 392 g/mol. The third-order valence-corrected chi connectivity index (χ3v) is 5.92. The molecule has 4 nitrogen and oxygen atoms in total. The first-order valence-electron chi connectivity index (χ1n) is 6.70. The van der Waals surface area contributed by atoms with E-state index in [-0.39, 0.29) is 36.6 Å². The Morgan fingerprint density at radius 2 is 1.83 bits per heavy atom. The van der Waals surface area contributed by atoms with Crippen molar-refractivity contribution in [3.8, 4) is 0 Å². The number of halogens is 5. The summed E-state index contributed by atoms with van der Waals surface area (Å²) in [5.41, 5.74) is -1.23. The molecule has 0 atom stereocenters. The molecule has 10 heteroatoms. The highest BCUT2D eigenvalue weighted by atomic mass is 35.5. The molecule has 1 aromatic rings. The topological polar surface area (TPSA) is 49.4 Å². The van der Waals surface area contributed by atoms with E-state index >= 15 is 0 Å². The molecular weight excluding hydrogens is 376 g/mol. The predicted molar refractivity (Wildman–Crippen MR) is 84.5 cm³/mol. The zero-order chi connectivity index (χ0) is 16.5. The van der Waals surface area contributed by atoms with E-state index in [9.17, 15) is 21.6 Å². The first-order chi connectivity index (χ1) is 10.2. The van der Waals surface area contributed by atoms with Crippen molar-refractivity contribution in [2.24, 2.45) is 0 Å². The first kappa shape index (κ1) is 20.5. The number of benzene rings is 1. The normalized spacial score (nSPS) is 17.8. The summed E-state index contributed by atoms with van der Waals surface area (Å²) in [6.07, 6.45) is -3.66. The zero-order valence-corrected chi connectivity index (χ0v) is 14.6. The van der Waals surface area contributed by atoms with Gasteiger partial charge in [-0.05, 0) is 38.1 Å². The number of piperidine rings is 1. The van der Waals surface area contributed by atoms with E-state index in [4.69, 9.17) is 11.6 Å². The van der Waals surface area contributed by atoms with E-state index in [1.54, 1.807) is 7.05 Å². The number of nitrogens with one attached hydrogen (secondary N) is 1. The molecule has 1 saturated heterocycles. The van der Waals surface area contributed by atoms with Crippen molar-refractivity contribution in [1.29, 1.82) is 0 Å². The average molecular weight is 393 g/mol. The van der Waals surface area contributed by atoms with Crippen LogP contribution in [-0.2, 0) is 16.2 Å². The van der Waals surface area contributed by atoms with Gasteiger partial charge in [-0.2, -0.15) is 17.5 Å². The van der Waals surface area contributed by atoms with E-state index in [1.165, 1.54) is 0 Å². The highest BCUT2D eigenvalue weighted by Crippen LogP contribution is 2.37. The van der Waals surface area contributed by atoms with Crippen LogP contribution in [0.1, 0.15) is 18.4 Å². The van der Waals surface area contributed by atoms with Crippen molar-refractivity contribution in [3.63, 3.8) is 0 Å². The SMILES string of the molecule is CNC1CCN(S(=O)(=O)c2ccc(Cl)cc2C(F)(F)F)CC1.Cl. The number of nitrogens with zero attached hydrogens (tertiary/aromatic N) is 1. The smallest absolute Gasteiger partial charge is 0.317 e. The molecule has 1 fully saturated rings. The summed E-state index contributed by atoms with van der Waals surface area (Å²) in [5.74, 6) is 0. The number of hydrogen-bond acceptors (Lipinski definition) is 3. The Morgan fingerprint density at radius 1 is 1.26 bits per heavy atom. The molecule has 0 spiro atoms. The highest BCUT2D eigenvalue weighted by molar-refractivity contribution is 7.89. The van der Waals surface area contributed by atoms with Crippen LogP contribution in [0.3, 0.4) is 0 Å². The van der Waals surface area contributed by atoms with Crippen molar-refractivity contribution < 1.29 is 21.6 Å². The molecule has 0 unspecified atom stereocenters. The fourth-order valence-corrected chi connectivity index (χ4v) is 4.31. The molecule has 1 heterocycles. The predicted octanol–water partition coefficient (Wildman–Crippen LogP) is 3.15. The standard InChI is InChI=1S/C13H16ClF3N2O2S.ClH/c1-18-10-4-6-19(7-5-10)22(20,21)12-3-2-9(14)8-11(12)13(15,16)17;/h2-3,8,10,18H,4-7H2,1H3;1H. The Labute approximate surface area is 144 Å². The van der Waals surface area contributed by atoms with Gasteiger partial charge in [-0.15, -0.1) is 12.4 Å². The Morgan fingerprint density at radius 3 is 2.30 bits per heavy atom. The quantitative estimate of drug-likeness (QED) is 0.859. The van der Waals surface area contributed by atoms with E-state index in [1.807, 2.05) is 0 Å². The van der Waals surface area contributed by atoms with Crippen LogP contribution in [0.2, 0.25) is 5.02 Å². The molecule has 0 radical (unpaired) electrons. The molecule has 23 heavy (non-hydrogen) atoms. The second kappa shape index (κ2) is 7.57. The van der Waals surface area contributed by atoms with Gasteiger partial charge in [0.15, 0.2) is 0 Å². The Bertz CT molecular complexity index is 645. The number of alkyl halides is 3. The lowest BCUT2D eigenvalue weighted by Crippen LogP contribution is -2.44. The molecule has 1 N–H and O–H groups in total. The Balaban J connectivity index is 0.00000264. The van der Waals surface area contributed by atoms with Gasteiger partial charge in [-0.3, -0.25) is 0 Å². The van der Waals surface area contributed by atoms with E-state index in [0.717, 1.165) is 16.4 Å². The van der Waals surface area contributed by atoms with Gasteiger partial charge in [0.1, 0.15) is 0 Å². The summed E-state index contributed by atoms with van der Waals surface area (Å²) in [5, 5.41) is 2.89. The summed E-state index contributed by atoms with van der Waals surface area (Å²) < 4.78 is 65.4. The summed E-state index contributed by atoms with van der Waals surface area (Å²) in [6.45, 7) is 0.377. The molecule has 2 rings (SSSR count). The van der Waals surface area contributed by atoms with Crippen LogP contribution in [0.4, 0.5) is 13.2 Å². The lowest BCUT2D eigenvalue weighted by atomic mass is 10.1. The van der Waals surface area contributed by atoms with Crippen molar-refractivity contribution in [2.45, 2.75) is 30.0 Å². The summed E-state index contributed by atoms with van der Waals surface area (Å²) in [4.78, 5) is -0.743. The van der Waals surface area contributed by atoms with Crippen molar-refractivity contribution in [3.05, 3.63) is 28.8 Å². The minimum absolute atomic E-state index is 0. The van der Waals surface area contributed by atoms with Crippen LogP contribution in [0.15, 0.2) is 23.1 Å². The molecule has 0 amide bonds. The maximum absolute atomic E-state index is 13.1. The molecule has 1 aliphatic heterocycles. The van der Waals surface area contributed by atoms with Crippen LogP contribution in [0.5, 0.6) is 0 Å². The van der Waals surface area contributed by atoms with E-state index in [2.05, 4.69) is 5.32 Å². The van der Waals surface area contributed by atoms with Gasteiger partial charge in [0.2, 0.25) is 10.0 Å². The number of rotatable bonds is 3. The Kier molecular flexibility index (Phi) is 6.74. The minimum Gasteiger partial charge on any atom is -0.317 e. The molecule has 1 aromatic carbocycles. The van der Waals surface area contributed by atoms with Gasteiger partial charge < -0.3 is 5.32 Å². The first-order valence-corrected chi connectivity index (χ1v) is 8.52. The fourth-order valence-electron chi connectivity index (χ4n) is 2.47. The average Bonchev–Trinajstić information content (AvgIpc) is 2.46. The van der Waals surface area contributed by atoms with E-state index < -0.39 is 26.7 Å². The highest BCUT2D eigenvalue weighted by Gasteiger charge is 2.40. The van der Waals surface area contributed by atoms with Crippen molar-refractivity contribution in [1.82, 2.24) is 9.62 Å². The van der Waals surface area contributed by atoms with Crippen LogP contribution in [-0.4, -0.2) is 38.9 Å². The van der Waals surface area contributed by atoms with Crippen LogP contribution in [0, 0.1) is 0 Å². The van der Waals surface area contributed by atoms with Gasteiger partial charge in [-0.25, -0.2) is 8.42 Å². The second-order valence-corrected chi connectivity index (χ2v) is 7.45. The lowest BCUT2D eigenvalue weighted by Gasteiger charge is -2.31. The summed E-state index contributed by atoms with van der Waals surface area (Å²) >= 11 is 5.58. The van der Waals surface area contributed by atoms with Crippen LogP contribution < -0.4 is 5.32 Å². The molecule has 0 aromatic heterocycles. The van der Waals surface area contributed by atoms with Crippen LogP contribution in [0.25, 0.3) is 0 Å². The largest absolute Gasteiger partial charge is 0.417 e. The third-order valence-electron chi connectivity index (χ3n) is 3.73. The number of sulfonamides is 1. The summed E-state index contributed by atoms with van der Waals surface area (Å²) in [6, 6.07) is 2.91. The van der Waals surface area contributed by atoms with Crippen molar-refractivity contribution >= 4 is 34.0 Å². The van der Waals surface area contributed by atoms with Gasteiger partial charge in [0.25, 0.3) is 0 Å². The minimum atomic E-state index is -4.78. The zero-order valence-electron chi connectivity index (χ0n) is 12.2.